The maximum atomic E-state index is 7.30. The zero-order chi connectivity index (χ0) is 11.0. The molecule has 0 aliphatic carbocycles. The van der Waals surface area contributed by atoms with Crippen LogP contribution in [-0.4, -0.2) is 32.0 Å². The van der Waals surface area contributed by atoms with E-state index in [4.69, 9.17) is 22.7 Å². The maximum Gasteiger partial charge on any atom is 0.215 e. The molecular formula is C7H7ClN6S. The Bertz CT molecular complexity index is 536. The van der Waals surface area contributed by atoms with Gasteiger partial charge < -0.3 is 5.73 Å². The summed E-state index contributed by atoms with van der Waals surface area (Å²) in [5.41, 5.74) is 5.79. The van der Waals surface area contributed by atoms with Gasteiger partial charge in [0, 0.05) is 0 Å². The van der Waals surface area contributed by atoms with E-state index < -0.39 is 0 Å². The van der Waals surface area contributed by atoms with Crippen LogP contribution in [0.15, 0.2) is 11.4 Å². The minimum atomic E-state index is -0.202. The zero-order valence-electron chi connectivity index (χ0n) is 7.73. The first-order valence-corrected chi connectivity index (χ1v) is 5.53. The molecule has 0 atom stereocenters. The SMILES string of the molecule is CSc1nc(Cl)c2cnn(C(=N)N)c2n1. The molecule has 0 aliphatic rings. The van der Waals surface area contributed by atoms with Crippen LogP contribution in [0.5, 0.6) is 0 Å². The predicted molar refractivity (Wildman–Crippen MR) is 59.4 cm³/mol. The van der Waals surface area contributed by atoms with E-state index in [1.165, 1.54) is 22.6 Å². The molecule has 0 aliphatic heterocycles. The Labute approximate surface area is 94.3 Å². The van der Waals surface area contributed by atoms with E-state index in [0.717, 1.165) is 0 Å². The highest BCUT2D eigenvalue weighted by Gasteiger charge is 2.12. The molecular weight excluding hydrogens is 236 g/mol. The van der Waals surface area contributed by atoms with Crippen molar-refractivity contribution in [3.05, 3.63) is 11.3 Å². The first-order chi connectivity index (χ1) is 7.13. The third-order valence-electron chi connectivity index (χ3n) is 1.77. The van der Waals surface area contributed by atoms with E-state index in [-0.39, 0.29) is 5.96 Å². The maximum absolute atomic E-state index is 7.30. The lowest BCUT2D eigenvalue weighted by Gasteiger charge is -2.00. The Morgan fingerprint density at radius 2 is 2.33 bits per heavy atom. The number of nitrogens with zero attached hydrogens (tertiary/aromatic N) is 4. The fourth-order valence-corrected chi connectivity index (χ4v) is 1.75. The molecule has 6 nitrogen and oxygen atoms in total. The van der Waals surface area contributed by atoms with E-state index >= 15 is 0 Å². The summed E-state index contributed by atoms with van der Waals surface area (Å²) < 4.78 is 1.21. The lowest BCUT2D eigenvalue weighted by molar-refractivity contribution is 0.902. The van der Waals surface area contributed by atoms with E-state index in [1.54, 1.807) is 0 Å². The van der Waals surface area contributed by atoms with Crippen molar-refractivity contribution in [2.75, 3.05) is 6.26 Å². The molecule has 3 N–H and O–H groups in total. The Morgan fingerprint density at radius 1 is 1.60 bits per heavy atom. The fourth-order valence-electron chi connectivity index (χ4n) is 1.12. The van der Waals surface area contributed by atoms with Crippen molar-refractivity contribution in [1.82, 2.24) is 19.7 Å². The first-order valence-electron chi connectivity index (χ1n) is 3.93. The normalized spacial score (nSPS) is 10.8. The molecule has 2 aromatic heterocycles. The molecule has 0 aromatic carbocycles. The van der Waals surface area contributed by atoms with Crippen molar-refractivity contribution in [3.8, 4) is 0 Å². The molecule has 0 fully saturated rings. The van der Waals surface area contributed by atoms with Crippen molar-refractivity contribution in [3.63, 3.8) is 0 Å². The summed E-state index contributed by atoms with van der Waals surface area (Å²) >= 11 is 7.29. The van der Waals surface area contributed by atoms with Gasteiger partial charge in [0.05, 0.1) is 11.6 Å². The van der Waals surface area contributed by atoms with Crippen LogP contribution in [0.1, 0.15) is 0 Å². The lowest BCUT2D eigenvalue weighted by atomic mass is 10.4. The zero-order valence-corrected chi connectivity index (χ0v) is 9.30. The number of fused-ring (bicyclic) bond motifs is 1. The van der Waals surface area contributed by atoms with Gasteiger partial charge in [0.25, 0.3) is 0 Å². The second-order valence-electron chi connectivity index (χ2n) is 2.68. The standard InChI is InChI=1S/C7H7ClN6S/c1-15-7-12-4(8)3-2-11-14(6(9)10)5(3)13-7/h2H,1H3,(H3,9,10). The highest BCUT2D eigenvalue weighted by Crippen LogP contribution is 2.22. The van der Waals surface area contributed by atoms with Crippen LogP contribution >= 0.6 is 23.4 Å². The molecule has 0 radical (unpaired) electrons. The Hall–Kier alpha value is -1.34. The summed E-state index contributed by atoms with van der Waals surface area (Å²) in [6.07, 6.45) is 3.33. The van der Waals surface area contributed by atoms with Crippen LogP contribution in [0.3, 0.4) is 0 Å². The van der Waals surface area contributed by atoms with Gasteiger partial charge in [0.2, 0.25) is 5.96 Å². The number of hydrogen-bond acceptors (Lipinski definition) is 5. The summed E-state index contributed by atoms with van der Waals surface area (Å²) in [7, 11) is 0. The molecule has 0 unspecified atom stereocenters. The Kier molecular flexibility index (Phi) is 2.49. The van der Waals surface area contributed by atoms with Crippen molar-refractivity contribution >= 4 is 40.4 Å². The number of nitrogens with two attached hydrogens (primary N) is 1. The molecule has 2 rings (SSSR count). The first kappa shape index (κ1) is 10.2. The molecule has 2 aromatic rings. The number of aromatic nitrogens is 4. The van der Waals surface area contributed by atoms with Crippen molar-refractivity contribution < 1.29 is 0 Å². The van der Waals surface area contributed by atoms with Crippen molar-refractivity contribution in [2.24, 2.45) is 5.73 Å². The highest BCUT2D eigenvalue weighted by atomic mass is 35.5. The van der Waals surface area contributed by atoms with Crippen LogP contribution in [0.2, 0.25) is 5.15 Å². The summed E-state index contributed by atoms with van der Waals surface area (Å²) in [5.74, 6) is -0.202. The third kappa shape index (κ3) is 1.64. The number of halogens is 1. The molecule has 78 valence electrons. The van der Waals surface area contributed by atoms with Gasteiger partial charge >= 0.3 is 0 Å². The van der Waals surface area contributed by atoms with Crippen LogP contribution < -0.4 is 5.73 Å². The van der Waals surface area contributed by atoms with Gasteiger partial charge in [0.1, 0.15) is 5.15 Å². The Balaban J connectivity index is 2.78. The Morgan fingerprint density at radius 3 is 2.93 bits per heavy atom. The van der Waals surface area contributed by atoms with Gasteiger partial charge in [0.15, 0.2) is 10.8 Å². The summed E-state index contributed by atoms with van der Waals surface area (Å²) in [4.78, 5) is 8.23. The van der Waals surface area contributed by atoms with Gasteiger partial charge in [-0.3, -0.25) is 5.41 Å². The average molecular weight is 243 g/mol. The number of rotatable bonds is 1. The summed E-state index contributed by atoms with van der Waals surface area (Å²) in [6, 6.07) is 0. The van der Waals surface area contributed by atoms with Crippen LogP contribution in [0, 0.1) is 5.41 Å². The van der Waals surface area contributed by atoms with Gasteiger partial charge in [-0.05, 0) is 6.26 Å². The highest BCUT2D eigenvalue weighted by molar-refractivity contribution is 7.98. The number of thioether (sulfide) groups is 1. The number of nitrogens with one attached hydrogen (secondary N) is 1. The molecule has 0 bridgehead atoms. The van der Waals surface area contributed by atoms with E-state index in [1.807, 2.05) is 6.26 Å². The predicted octanol–water partition coefficient (Wildman–Crippen LogP) is 0.943. The van der Waals surface area contributed by atoms with E-state index in [2.05, 4.69) is 15.1 Å². The van der Waals surface area contributed by atoms with Crippen molar-refractivity contribution in [2.45, 2.75) is 5.16 Å². The molecule has 0 amide bonds. The molecule has 15 heavy (non-hydrogen) atoms. The molecule has 2 heterocycles. The smallest absolute Gasteiger partial charge is 0.215 e. The van der Waals surface area contributed by atoms with Crippen LogP contribution in [0.4, 0.5) is 0 Å². The minimum Gasteiger partial charge on any atom is -0.368 e. The van der Waals surface area contributed by atoms with Crippen molar-refractivity contribution in [1.29, 1.82) is 5.41 Å². The van der Waals surface area contributed by atoms with Gasteiger partial charge in [-0.2, -0.15) is 9.78 Å². The average Bonchev–Trinajstić information content (AvgIpc) is 2.61. The molecule has 8 heteroatoms. The van der Waals surface area contributed by atoms with E-state index in [9.17, 15) is 0 Å². The summed E-state index contributed by atoms with van der Waals surface area (Å²) in [6.45, 7) is 0. The quantitative estimate of drug-likeness (QED) is 0.255. The largest absolute Gasteiger partial charge is 0.368 e. The molecule has 0 saturated carbocycles. The van der Waals surface area contributed by atoms with Gasteiger partial charge in [-0.1, -0.05) is 23.4 Å². The number of nitrogen functional groups attached to an aromatic ring is 1. The fraction of sp³-hybridized carbons (Fsp3) is 0.143. The van der Waals surface area contributed by atoms with Gasteiger partial charge in [-0.25, -0.2) is 9.97 Å². The summed E-state index contributed by atoms with van der Waals surface area (Å²) in [5, 5.41) is 12.6. The van der Waals surface area contributed by atoms with E-state index in [0.29, 0.717) is 21.3 Å². The minimum absolute atomic E-state index is 0.202. The number of hydrogen-bond donors (Lipinski definition) is 2. The topological polar surface area (TPSA) is 93.5 Å². The monoisotopic (exact) mass is 242 g/mol. The molecule has 0 saturated heterocycles. The lowest BCUT2D eigenvalue weighted by Crippen LogP contribution is -2.22. The van der Waals surface area contributed by atoms with Crippen LogP contribution in [-0.2, 0) is 0 Å². The second kappa shape index (κ2) is 3.67. The van der Waals surface area contributed by atoms with Gasteiger partial charge in [-0.15, -0.1) is 0 Å². The van der Waals surface area contributed by atoms with Crippen LogP contribution in [0.25, 0.3) is 11.0 Å². The third-order valence-corrected chi connectivity index (χ3v) is 2.61. The second-order valence-corrected chi connectivity index (χ2v) is 3.81. The molecule has 0 spiro atoms.